The van der Waals surface area contributed by atoms with Crippen LogP contribution >= 0.6 is 0 Å². The Morgan fingerprint density at radius 2 is 1.81 bits per heavy atom. The first-order valence-corrected chi connectivity index (χ1v) is 11.1. The zero-order chi connectivity index (χ0) is 22.1. The molecule has 0 radical (unpaired) electrons. The molecule has 0 bridgehead atoms. The molecule has 0 atom stereocenters. The summed E-state index contributed by atoms with van der Waals surface area (Å²) in [5.74, 6) is -0.410. The van der Waals surface area contributed by atoms with E-state index in [1.54, 1.807) is 16.7 Å². The molecule has 1 fully saturated rings. The maximum Gasteiger partial charge on any atom is 0.278 e. The number of halogens is 1. The molecule has 2 aromatic carbocycles. The fraction of sp³-hybridized carbons (Fsp3) is 0.320. The second kappa shape index (κ2) is 8.57. The van der Waals surface area contributed by atoms with Gasteiger partial charge in [-0.05, 0) is 36.6 Å². The number of carbonyl (C=O) groups is 1. The first kappa shape index (κ1) is 20.4. The summed E-state index contributed by atoms with van der Waals surface area (Å²) in [7, 11) is 0. The lowest BCUT2D eigenvalue weighted by molar-refractivity contribution is -0.122. The molecular formula is C25H25FN4O2. The van der Waals surface area contributed by atoms with Gasteiger partial charge in [-0.25, -0.2) is 9.37 Å². The van der Waals surface area contributed by atoms with E-state index in [1.807, 2.05) is 24.3 Å². The minimum absolute atomic E-state index is 0.0675. The number of aromatic nitrogens is 3. The van der Waals surface area contributed by atoms with Gasteiger partial charge in [0.15, 0.2) is 0 Å². The van der Waals surface area contributed by atoms with Crippen molar-refractivity contribution in [2.75, 3.05) is 0 Å². The molecule has 0 spiro atoms. The van der Waals surface area contributed by atoms with Gasteiger partial charge in [0.2, 0.25) is 5.91 Å². The Bertz CT molecular complexity index is 1330. The minimum atomic E-state index is -0.321. The Balaban J connectivity index is 1.54. The zero-order valence-electron chi connectivity index (χ0n) is 17.8. The molecule has 5 rings (SSSR count). The lowest BCUT2D eigenvalue weighted by Gasteiger charge is -2.23. The predicted molar refractivity (Wildman–Crippen MR) is 122 cm³/mol. The van der Waals surface area contributed by atoms with E-state index in [1.165, 1.54) is 29.4 Å². The van der Waals surface area contributed by atoms with Crippen LogP contribution in [0.4, 0.5) is 4.39 Å². The SMILES string of the molecule is O=C(Cn1c2ccccc2c2ncn(Cc3ccc(F)cc3)c(=O)c21)NC1CCCCC1. The van der Waals surface area contributed by atoms with Gasteiger partial charge in [-0.2, -0.15) is 0 Å². The largest absolute Gasteiger partial charge is 0.352 e. The number of hydrogen-bond donors (Lipinski definition) is 1. The Labute approximate surface area is 184 Å². The van der Waals surface area contributed by atoms with E-state index < -0.39 is 0 Å². The summed E-state index contributed by atoms with van der Waals surface area (Å²) in [6.45, 7) is 0.343. The minimum Gasteiger partial charge on any atom is -0.352 e. The fourth-order valence-electron chi connectivity index (χ4n) is 4.68. The standard InChI is InChI=1S/C25H25FN4O2/c26-18-12-10-17(11-13-18)14-29-16-27-23-20-8-4-5-9-21(20)30(24(23)25(29)32)15-22(31)28-19-6-2-1-3-7-19/h4-5,8-13,16,19H,1-3,6-7,14-15H2,(H,28,31). The number of nitrogens with one attached hydrogen (secondary N) is 1. The Morgan fingerprint density at radius 1 is 1.06 bits per heavy atom. The monoisotopic (exact) mass is 432 g/mol. The van der Waals surface area contributed by atoms with Crippen LogP contribution in [0.25, 0.3) is 21.9 Å². The van der Waals surface area contributed by atoms with Crippen molar-refractivity contribution in [3.63, 3.8) is 0 Å². The van der Waals surface area contributed by atoms with Crippen molar-refractivity contribution < 1.29 is 9.18 Å². The molecule has 2 heterocycles. The van der Waals surface area contributed by atoms with Gasteiger partial charge >= 0.3 is 0 Å². The first-order valence-electron chi connectivity index (χ1n) is 11.1. The van der Waals surface area contributed by atoms with Gasteiger partial charge < -0.3 is 9.88 Å². The highest BCUT2D eigenvalue weighted by Crippen LogP contribution is 2.25. The summed E-state index contributed by atoms with van der Waals surface area (Å²) in [4.78, 5) is 30.9. The van der Waals surface area contributed by atoms with Crippen LogP contribution in [0.1, 0.15) is 37.7 Å². The quantitative estimate of drug-likeness (QED) is 0.519. The molecule has 2 aromatic heterocycles. The second-order valence-electron chi connectivity index (χ2n) is 8.51. The molecule has 0 unspecified atom stereocenters. The van der Waals surface area contributed by atoms with Crippen molar-refractivity contribution >= 4 is 27.8 Å². The average Bonchev–Trinajstić information content (AvgIpc) is 3.12. The topological polar surface area (TPSA) is 68.9 Å². The fourth-order valence-corrected chi connectivity index (χ4v) is 4.68. The Morgan fingerprint density at radius 3 is 2.59 bits per heavy atom. The van der Waals surface area contributed by atoms with Crippen LogP contribution in [0.5, 0.6) is 0 Å². The maximum absolute atomic E-state index is 13.5. The van der Waals surface area contributed by atoms with Gasteiger partial charge in [0.25, 0.3) is 5.56 Å². The molecule has 1 N–H and O–H groups in total. The summed E-state index contributed by atoms with van der Waals surface area (Å²) in [6, 6.07) is 13.9. The number of amides is 1. The number of fused-ring (bicyclic) bond motifs is 3. The molecule has 6 nitrogen and oxygen atoms in total. The van der Waals surface area contributed by atoms with E-state index in [2.05, 4.69) is 10.3 Å². The predicted octanol–water partition coefficient (Wildman–Crippen LogP) is 3.99. The number of para-hydroxylation sites is 1. The van der Waals surface area contributed by atoms with E-state index in [4.69, 9.17) is 0 Å². The highest BCUT2D eigenvalue weighted by Gasteiger charge is 2.20. The van der Waals surface area contributed by atoms with E-state index in [0.29, 0.717) is 11.0 Å². The van der Waals surface area contributed by atoms with Crippen molar-refractivity contribution in [1.29, 1.82) is 0 Å². The summed E-state index contributed by atoms with van der Waals surface area (Å²) < 4.78 is 16.5. The zero-order valence-corrected chi connectivity index (χ0v) is 17.8. The number of hydrogen-bond acceptors (Lipinski definition) is 3. The maximum atomic E-state index is 13.5. The number of rotatable bonds is 5. The molecular weight excluding hydrogens is 407 g/mol. The van der Waals surface area contributed by atoms with Gasteiger partial charge in [-0.15, -0.1) is 0 Å². The van der Waals surface area contributed by atoms with Crippen LogP contribution in [-0.2, 0) is 17.9 Å². The highest BCUT2D eigenvalue weighted by molar-refractivity contribution is 6.06. The Hall–Kier alpha value is -3.48. The third-order valence-corrected chi connectivity index (χ3v) is 6.27. The van der Waals surface area contributed by atoms with Gasteiger partial charge in [-0.3, -0.25) is 14.2 Å². The molecule has 32 heavy (non-hydrogen) atoms. The molecule has 0 saturated heterocycles. The van der Waals surface area contributed by atoms with Crippen molar-refractivity contribution in [3.05, 3.63) is 76.6 Å². The van der Waals surface area contributed by atoms with Crippen LogP contribution in [0, 0.1) is 5.82 Å². The van der Waals surface area contributed by atoms with E-state index >= 15 is 0 Å². The third kappa shape index (κ3) is 3.90. The van der Waals surface area contributed by atoms with Crippen molar-refractivity contribution in [2.45, 2.75) is 51.2 Å². The van der Waals surface area contributed by atoms with E-state index in [9.17, 15) is 14.0 Å². The summed E-state index contributed by atoms with van der Waals surface area (Å²) in [6.07, 6.45) is 7.03. The smallest absolute Gasteiger partial charge is 0.278 e. The molecule has 1 saturated carbocycles. The van der Waals surface area contributed by atoms with Crippen LogP contribution < -0.4 is 10.9 Å². The first-order chi connectivity index (χ1) is 15.6. The molecule has 7 heteroatoms. The number of nitrogens with zero attached hydrogens (tertiary/aromatic N) is 3. The van der Waals surface area contributed by atoms with Gasteiger partial charge in [0.05, 0.1) is 18.4 Å². The van der Waals surface area contributed by atoms with Gasteiger partial charge in [-0.1, -0.05) is 49.6 Å². The normalized spacial score (nSPS) is 14.8. The molecule has 1 aliphatic rings. The van der Waals surface area contributed by atoms with Crippen molar-refractivity contribution in [1.82, 2.24) is 19.4 Å². The van der Waals surface area contributed by atoms with Crippen LogP contribution in [0.3, 0.4) is 0 Å². The van der Waals surface area contributed by atoms with Gasteiger partial charge in [0, 0.05) is 11.4 Å². The lowest BCUT2D eigenvalue weighted by atomic mass is 9.95. The summed E-state index contributed by atoms with van der Waals surface area (Å²) >= 11 is 0. The van der Waals surface area contributed by atoms with Crippen LogP contribution in [0.15, 0.2) is 59.7 Å². The molecule has 1 amide bonds. The molecule has 0 aliphatic heterocycles. The molecule has 1 aliphatic carbocycles. The summed E-state index contributed by atoms with van der Waals surface area (Å²) in [5, 5.41) is 3.99. The van der Waals surface area contributed by atoms with Crippen molar-refractivity contribution in [2.24, 2.45) is 0 Å². The van der Waals surface area contributed by atoms with Gasteiger partial charge in [0.1, 0.15) is 23.4 Å². The summed E-state index contributed by atoms with van der Waals surface area (Å²) in [5.41, 5.74) is 2.39. The van der Waals surface area contributed by atoms with E-state index in [0.717, 1.165) is 42.1 Å². The highest BCUT2D eigenvalue weighted by atomic mass is 19.1. The number of benzene rings is 2. The van der Waals surface area contributed by atoms with Crippen LogP contribution in [0.2, 0.25) is 0 Å². The number of carbonyl (C=O) groups excluding carboxylic acids is 1. The second-order valence-corrected chi connectivity index (χ2v) is 8.51. The van der Waals surface area contributed by atoms with Crippen LogP contribution in [-0.4, -0.2) is 26.1 Å². The Kier molecular flexibility index (Phi) is 5.47. The lowest BCUT2D eigenvalue weighted by Crippen LogP contribution is -2.38. The van der Waals surface area contributed by atoms with Crippen molar-refractivity contribution in [3.8, 4) is 0 Å². The molecule has 164 valence electrons. The average molecular weight is 432 g/mol. The third-order valence-electron chi connectivity index (χ3n) is 6.27. The molecule has 4 aromatic rings. The van der Waals surface area contributed by atoms with E-state index in [-0.39, 0.29) is 36.4 Å².